The summed E-state index contributed by atoms with van der Waals surface area (Å²) in [6.45, 7) is 0. The fourth-order valence-electron chi connectivity index (χ4n) is 1.10. The highest BCUT2D eigenvalue weighted by Crippen LogP contribution is 2.32. The number of hydrogen-bond donors (Lipinski definition) is 1. The van der Waals surface area contributed by atoms with E-state index in [1.165, 1.54) is 0 Å². The zero-order chi connectivity index (χ0) is 10.1. The van der Waals surface area contributed by atoms with Gasteiger partial charge in [-0.2, -0.15) is 0 Å². The van der Waals surface area contributed by atoms with Gasteiger partial charge in [0.05, 0.1) is 0 Å². The van der Waals surface area contributed by atoms with E-state index in [9.17, 15) is 0 Å². The van der Waals surface area contributed by atoms with E-state index in [1.807, 2.05) is 24.3 Å². The highest BCUT2D eigenvalue weighted by Gasteiger charge is 2.13. The van der Waals surface area contributed by atoms with Gasteiger partial charge in [-0.1, -0.05) is 44.8 Å². The van der Waals surface area contributed by atoms with Crippen LogP contribution in [0.15, 0.2) is 33.3 Å². The standard InChI is InChI=1S/C9H6BrClN2O/c10-6-3-1-2-5(4-6)8-7(11)9(12)13-14-8/h1-4H,(H2,12,13). The molecule has 0 fully saturated rings. The van der Waals surface area contributed by atoms with Crippen LogP contribution < -0.4 is 5.73 Å². The molecule has 5 heteroatoms. The van der Waals surface area contributed by atoms with Gasteiger partial charge in [-0.05, 0) is 12.1 Å². The molecule has 0 aliphatic rings. The molecule has 0 bridgehead atoms. The fourth-order valence-corrected chi connectivity index (χ4v) is 1.68. The first-order chi connectivity index (χ1) is 6.68. The van der Waals surface area contributed by atoms with Crippen LogP contribution in [0.2, 0.25) is 5.02 Å². The minimum Gasteiger partial charge on any atom is -0.380 e. The molecule has 1 heterocycles. The lowest BCUT2D eigenvalue weighted by Gasteiger charge is -1.96. The molecule has 0 saturated carbocycles. The summed E-state index contributed by atoms with van der Waals surface area (Å²) < 4.78 is 5.95. The van der Waals surface area contributed by atoms with E-state index in [-0.39, 0.29) is 5.82 Å². The first-order valence-corrected chi connectivity index (χ1v) is 5.02. The van der Waals surface area contributed by atoms with Crippen molar-refractivity contribution in [2.24, 2.45) is 0 Å². The summed E-state index contributed by atoms with van der Waals surface area (Å²) in [5.41, 5.74) is 6.31. The van der Waals surface area contributed by atoms with E-state index in [0.29, 0.717) is 10.8 Å². The van der Waals surface area contributed by atoms with Crippen molar-refractivity contribution in [1.82, 2.24) is 5.16 Å². The Hall–Kier alpha value is -1.000. The number of rotatable bonds is 1. The SMILES string of the molecule is Nc1noc(-c2cccc(Br)c2)c1Cl. The smallest absolute Gasteiger partial charge is 0.187 e. The maximum Gasteiger partial charge on any atom is 0.187 e. The lowest BCUT2D eigenvalue weighted by atomic mass is 10.2. The maximum absolute atomic E-state index is 5.90. The summed E-state index contributed by atoms with van der Waals surface area (Å²) in [5.74, 6) is 0.701. The van der Waals surface area contributed by atoms with Gasteiger partial charge >= 0.3 is 0 Å². The molecule has 0 spiro atoms. The molecule has 0 amide bonds. The summed E-state index contributed by atoms with van der Waals surface area (Å²) in [6, 6.07) is 7.55. The Balaban J connectivity index is 2.55. The Bertz CT molecular complexity index is 470. The number of halogens is 2. The van der Waals surface area contributed by atoms with Crippen molar-refractivity contribution >= 4 is 33.3 Å². The Kier molecular flexibility index (Phi) is 2.48. The van der Waals surface area contributed by atoms with E-state index >= 15 is 0 Å². The highest BCUT2D eigenvalue weighted by atomic mass is 79.9. The van der Waals surface area contributed by atoms with E-state index < -0.39 is 0 Å². The molecule has 0 aliphatic carbocycles. The van der Waals surface area contributed by atoms with Crippen LogP contribution in [0.1, 0.15) is 0 Å². The lowest BCUT2D eigenvalue weighted by Crippen LogP contribution is -1.83. The van der Waals surface area contributed by atoms with E-state index in [0.717, 1.165) is 10.0 Å². The molecule has 1 aromatic carbocycles. The molecular weight excluding hydrogens is 267 g/mol. The van der Waals surface area contributed by atoms with Crippen LogP contribution >= 0.6 is 27.5 Å². The van der Waals surface area contributed by atoms with Crippen molar-refractivity contribution in [3.05, 3.63) is 33.8 Å². The van der Waals surface area contributed by atoms with Gasteiger partial charge in [-0.3, -0.25) is 0 Å². The number of aromatic nitrogens is 1. The molecule has 0 radical (unpaired) electrons. The van der Waals surface area contributed by atoms with Crippen molar-refractivity contribution in [2.45, 2.75) is 0 Å². The van der Waals surface area contributed by atoms with E-state index in [2.05, 4.69) is 21.1 Å². The van der Waals surface area contributed by atoms with Crippen molar-refractivity contribution in [3.8, 4) is 11.3 Å². The van der Waals surface area contributed by atoms with Crippen LogP contribution in [-0.4, -0.2) is 5.16 Å². The summed E-state index contributed by atoms with van der Waals surface area (Å²) in [4.78, 5) is 0. The highest BCUT2D eigenvalue weighted by molar-refractivity contribution is 9.10. The average molecular weight is 274 g/mol. The van der Waals surface area contributed by atoms with Gasteiger partial charge in [0.25, 0.3) is 0 Å². The van der Waals surface area contributed by atoms with Gasteiger partial charge in [0.1, 0.15) is 5.02 Å². The minimum atomic E-state index is 0.210. The summed E-state index contributed by atoms with van der Waals surface area (Å²) in [7, 11) is 0. The van der Waals surface area contributed by atoms with Crippen LogP contribution in [0.3, 0.4) is 0 Å². The first-order valence-electron chi connectivity index (χ1n) is 3.85. The van der Waals surface area contributed by atoms with Crippen LogP contribution in [-0.2, 0) is 0 Å². The lowest BCUT2D eigenvalue weighted by molar-refractivity contribution is 0.436. The molecule has 72 valence electrons. The molecule has 0 unspecified atom stereocenters. The van der Waals surface area contributed by atoms with Crippen molar-refractivity contribution in [1.29, 1.82) is 0 Å². The largest absolute Gasteiger partial charge is 0.380 e. The van der Waals surface area contributed by atoms with Crippen LogP contribution in [0, 0.1) is 0 Å². The van der Waals surface area contributed by atoms with Crippen molar-refractivity contribution < 1.29 is 4.52 Å². The normalized spacial score (nSPS) is 10.4. The second-order valence-electron chi connectivity index (χ2n) is 2.72. The monoisotopic (exact) mass is 272 g/mol. The molecule has 0 aliphatic heterocycles. The van der Waals surface area contributed by atoms with Crippen molar-refractivity contribution in [3.63, 3.8) is 0 Å². The number of benzene rings is 1. The fraction of sp³-hybridized carbons (Fsp3) is 0. The predicted octanol–water partition coefficient (Wildman–Crippen LogP) is 3.34. The van der Waals surface area contributed by atoms with E-state index in [4.69, 9.17) is 21.9 Å². The molecule has 14 heavy (non-hydrogen) atoms. The van der Waals surface area contributed by atoms with Crippen LogP contribution in [0.4, 0.5) is 5.82 Å². The summed E-state index contributed by atoms with van der Waals surface area (Å²) in [6.07, 6.45) is 0. The molecule has 1 aromatic heterocycles. The summed E-state index contributed by atoms with van der Waals surface area (Å²) in [5, 5.41) is 3.93. The molecule has 3 nitrogen and oxygen atoms in total. The Labute approximate surface area is 94.0 Å². The second kappa shape index (κ2) is 3.63. The Morgan fingerprint density at radius 1 is 1.43 bits per heavy atom. The second-order valence-corrected chi connectivity index (χ2v) is 4.01. The molecule has 0 atom stereocenters. The number of nitrogen functional groups attached to an aromatic ring is 1. The Morgan fingerprint density at radius 2 is 2.21 bits per heavy atom. The average Bonchev–Trinajstić information content (AvgIpc) is 2.48. The zero-order valence-corrected chi connectivity index (χ0v) is 9.34. The van der Waals surface area contributed by atoms with E-state index in [1.54, 1.807) is 0 Å². The third-order valence-corrected chi connectivity index (χ3v) is 2.60. The van der Waals surface area contributed by atoms with Gasteiger partial charge in [0.15, 0.2) is 11.6 Å². The number of hydrogen-bond acceptors (Lipinski definition) is 3. The third kappa shape index (κ3) is 1.63. The zero-order valence-electron chi connectivity index (χ0n) is 7.00. The maximum atomic E-state index is 5.90. The van der Waals surface area contributed by atoms with Gasteiger partial charge in [-0.15, -0.1) is 0 Å². The molecule has 2 N–H and O–H groups in total. The molecular formula is C9H6BrClN2O. The topological polar surface area (TPSA) is 52.0 Å². The van der Waals surface area contributed by atoms with Crippen molar-refractivity contribution in [2.75, 3.05) is 5.73 Å². The number of anilines is 1. The molecule has 0 saturated heterocycles. The first kappa shape index (κ1) is 9.55. The quantitative estimate of drug-likeness (QED) is 0.867. The van der Waals surface area contributed by atoms with Crippen LogP contribution in [0.25, 0.3) is 11.3 Å². The molecule has 2 aromatic rings. The van der Waals surface area contributed by atoms with Gasteiger partial charge in [-0.25, -0.2) is 0 Å². The predicted molar refractivity (Wildman–Crippen MR) is 59.1 cm³/mol. The third-order valence-electron chi connectivity index (χ3n) is 1.75. The minimum absolute atomic E-state index is 0.210. The summed E-state index contributed by atoms with van der Waals surface area (Å²) >= 11 is 9.25. The van der Waals surface area contributed by atoms with Gasteiger partial charge in [0.2, 0.25) is 0 Å². The van der Waals surface area contributed by atoms with Crippen LogP contribution in [0.5, 0.6) is 0 Å². The Morgan fingerprint density at radius 3 is 2.79 bits per heavy atom. The number of nitrogens with zero attached hydrogens (tertiary/aromatic N) is 1. The van der Waals surface area contributed by atoms with Gasteiger partial charge in [0, 0.05) is 10.0 Å². The van der Waals surface area contributed by atoms with Gasteiger partial charge < -0.3 is 10.3 Å². The molecule has 2 rings (SSSR count). The number of nitrogens with two attached hydrogens (primary N) is 1.